The number of aryl methyl sites for hydroxylation is 1. The first-order chi connectivity index (χ1) is 7.75. The molecule has 0 aromatic carbocycles. The summed E-state index contributed by atoms with van der Waals surface area (Å²) in [6, 6.07) is 1.80. The van der Waals surface area contributed by atoms with Crippen LogP contribution in [0, 0.1) is 6.92 Å². The lowest BCUT2D eigenvalue weighted by molar-refractivity contribution is -0.117. The molecule has 0 radical (unpaired) electrons. The number of aromatic nitrogens is 1. The van der Waals surface area contributed by atoms with Gasteiger partial charge in [0, 0.05) is 18.2 Å². The summed E-state index contributed by atoms with van der Waals surface area (Å²) in [4.78, 5) is 11.7. The lowest BCUT2D eigenvalue weighted by Gasteiger charge is -2.09. The third-order valence-electron chi connectivity index (χ3n) is 2.20. The lowest BCUT2D eigenvalue weighted by atomic mass is 10.2. The molecule has 1 aromatic rings. The average molecular weight is 219 g/mol. The number of rotatable bonds is 3. The summed E-state index contributed by atoms with van der Waals surface area (Å²) in [5, 5.41) is 9.48. The molecule has 0 atom stereocenters. The van der Waals surface area contributed by atoms with Crippen LogP contribution in [0.5, 0.6) is 0 Å². The maximum Gasteiger partial charge on any atom is 0.249 e. The zero-order valence-corrected chi connectivity index (χ0v) is 8.99. The number of dihydropyridines is 1. The summed E-state index contributed by atoms with van der Waals surface area (Å²) in [6.45, 7) is 2.76. The van der Waals surface area contributed by atoms with Gasteiger partial charge in [0.2, 0.25) is 5.91 Å². The number of amides is 1. The molecule has 0 saturated heterocycles. The van der Waals surface area contributed by atoms with Crippen molar-refractivity contribution in [2.24, 2.45) is 0 Å². The number of carbonyl (C=O) groups is 1. The number of nitrogens with zero attached hydrogens (tertiary/aromatic N) is 1. The van der Waals surface area contributed by atoms with Gasteiger partial charge in [0.25, 0.3) is 0 Å². The quantitative estimate of drug-likeness (QED) is 0.783. The summed E-state index contributed by atoms with van der Waals surface area (Å²) in [7, 11) is 0. The van der Waals surface area contributed by atoms with Crippen molar-refractivity contribution < 1.29 is 9.32 Å². The molecule has 5 nitrogen and oxygen atoms in total. The van der Waals surface area contributed by atoms with Crippen molar-refractivity contribution in [2.45, 2.75) is 13.5 Å². The van der Waals surface area contributed by atoms with Crippen molar-refractivity contribution in [1.29, 1.82) is 0 Å². The first kappa shape index (κ1) is 10.5. The van der Waals surface area contributed by atoms with Crippen LogP contribution in [0.2, 0.25) is 0 Å². The van der Waals surface area contributed by atoms with Crippen LogP contribution in [0.25, 0.3) is 0 Å². The molecule has 0 spiro atoms. The van der Waals surface area contributed by atoms with E-state index in [0.29, 0.717) is 24.4 Å². The highest BCUT2D eigenvalue weighted by Gasteiger charge is 2.10. The van der Waals surface area contributed by atoms with E-state index < -0.39 is 0 Å². The van der Waals surface area contributed by atoms with Crippen LogP contribution in [0.1, 0.15) is 11.5 Å². The monoisotopic (exact) mass is 219 g/mol. The molecule has 16 heavy (non-hydrogen) atoms. The highest BCUT2D eigenvalue weighted by molar-refractivity contribution is 5.94. The molecule has 2 N–H and O–H groups in total. The Bertz CT molecular complexity index is 446. The molecule has 0 bridgehead atoms. The fourth-order valence-corrected chi connectivity index (χ4v) is 1.40. The maximum atomic E-state index is 11.7. The highest BCUT2D eigenvalue weighted by Crippen LogP contribution is 2.03. The smallest absolute Gasteiger partial charge is 0.249 e. The normalized spacial score (nSPS) is 14.2. The summed E-state index contributed by atoms with van der Waals surface area (Å²) in [5.74, 6) is 0.566. The van der Waals surface area contributed by atoms with Crippen molar-refractivity contribution in [3.8, 4) is 0 Å². The minimum atomic E-state index is -0.0918. The summed E-state index contributed by atoms with van der Waals surface area (Å²) in [5.41, 5.74) is 1.52. The van der Waals surface area contributed by atoms with E-state index in [4.69, 9.17) is 4.52 Å². The topological polar surface area (TPSA) is 67.2 Å². The minimum Gasteiger partial charge on any atom is -0.387 e. The molecule has 0 unspecified atom stereocenters. The van der Waals surface area contributed by atoms with E-state index in [1.54, 1.807) is 24.4 Å². The Morgan fingerprint density at radius 2 is 2.56 bits per heavy atom. The van der Waals surface area contributed by atoms with Crippen molar-refractivity contribution in [3.05, 3.63) is 41.4 Å². The first-order valence-corrected chi connectivity index (χ1v) is 5.05. The van der Waals surface area contributed by atoms with E-state index in [1.165, 1.54) is 0 Å². The summed E-state index contributed by atoms with van der Waals surface area (Å²) >= 11 is 0. The van der Waals surface area contributed by atoms with E-state index in [-0.39, 0.29) is 5.91 Å². The number of carbonyl (C=O) groups excluding carboxylic acids is 1. The van der Waals surface area contributed by atoms with Crippen LogP contribution in [-0.4, -0.2) is 17.6 Å². The number of allylic oxidation sites excluding steroid dienone is 2. The molecular weight excluding hydrogens is 206 g/mol. The van der Waals surface area contributed by atoms with E-state index in [9.17, 15) is 4.79 Å². The molecule has 5 heteroatoms. The van der Waals surface area contributed by atoms with Crippen molar-refractivity contribution in [2.75, 3.05) is 6.54 Å². The standard InChI is InChI=1S/C11H13N3O2/c1-8-5-10(16-14-8)7-13-11(15)9-3-2-4-12-6-9/h2-5,12H,6-7H2,1H3,(H,13,15). The van der Waals surface area contributed by atoms with Gasteiger partial charge in [0.1, 0.15) is 0 Å². The molecule has 0 saturated carbocycles. The summed E-state index contributed by atoms with van der Waals surface area (Å²) in [6.07, 6.45) is 5.39. The Morgan fingerprint density at radius 3 is 3.19 bits per heavy atom. The SMILES string of the molecule is Cc1cc(CNC(=O)C2=CC=CNC2)on1. The molecule has 84 valence electrons. The molecule has 1 aliphatic rings. The molecular formula is C11H13N3O2. The molecule has 1 aromatic heterocycles. The molecule has 1 amide bonds. The summed E-state index contributed by atoms with van der Waals surface area (Å²) < 4.78 is 4.99. The molecule has 0 aliphatic carbocycles. The van der Waals surface area contributed by atoms with Crippen molar-refractivity contribution in [3.63, 3.8) is 0 Å². The zero-order chi connectivity index (χ0) is 11.4. The largest absolute Gasteiger partial charge is 0.387 e. The molecule has 0 fully saturated rings. The highest BCUT2D eigenvalue weighted by atomic mass is 16.5. The second-order valence-electron chi connectivity index (χ2n) is 3.55. The van der Waals surface area contributed by atoms with E-state index in [2.05, 4.69) is 15.8 Å². The van der Waals surface area contributed by atoms with Gasteiger partial charge in [-0.2, -0.15) is 0 Å². The van der Waals surface area contributed by atoms with Gasteiger partial charge in [-0.1, -0.05) is 11.2 Å². The van der Waals surface area contributed by atoms with Crippen LogP contribution >= 0.6 is 0 Å². The Hall–Kier alpha value is -2.04. The fourth-order valence-electron chi connectivity index (χ4n) is 1.40. The maximum absolute atomic E-state index is 11.7. The minimum absolute atomic E-state index is 0.0918. The predicted octanol–water partition coefficient (Wildman–Crippen LogP) is 0.643. The lowest BCUT2D eigenvalue weighted by Crippen LogP contribution is -2.29. The fraction of sp³-hybridized carbons (Fsp3) is 0.273. The number of nitrogens with one attached hydrogen (secondary N) is 2. The van der Waals surface area contributed by atoms with Crippen LogP contribution < -0.4 is 10.6 Å². The Kier molecular flexibility index (Phi) is 3.05. The van der Waals surface area contributed by atoms with Crippen LogP contribution in [-0.2, 0) is 11.3 Å². The van der Waals surface area contributed by atoms with E-state index in [0.717, 1.165) is 5.69 Å². The second-order valence-corrected chi connectivity index (χ2v) is 3.55. The van der Waals surface area contributed by atoms with Crippen LogP contribution in [0.3, 0.4) is 0 Å². The van der Waals surface area contributed by atoms with Gasteiger partial charge in [-0.25, -0.2) is 0 Å². The van der Waals surface area contributed by atoms with Crippen LogP contribution in [0.4, 0.5) is 0 Å². The second kappa shape index (κ2) is 4.65. The van der Waals surface area contributed by atoms with Crippen molar-refractivity contribution >= 4 is 5.91 Å². The number of hydrogen-bond acceptors (Lipinski definition) is 4. The Labute approximate surface area is 93.2 Å². The van der Waals surface area contributed by atoms with Gasteiger partial charge in [0.15, 0.2) is 5.76 Å². The van der Waals surface area contributed by atoms with Crippen LogP contribution in [0.15, 0.2) is 34.5 Å². The van der Waals surface area contributed by atoms with Gasteiger partial charge >= 0.3 is 0 Å². The zero-order valence-electron chi connectivity index (χ0n) is 8.99. The molecule has 2 rings (SSSR count). The van der Waals surface area contributed by atoms with Gasteiger partial charge in [-0.3, -0.25) is 4.79 Å². The Morgan fingerprint density at radius 1 is 1.69 bits per heavy atom. The van der Waals surface area contributed by atoms with E-state index >= 15 is 0 Å². The average Bonchev–Trinajstić information content (AvgIpc) is 2.73. The van der Waals surface area contributed by atoms with Crippen molar-refractivity contribution in [1.82, 2.24) is 15.8 Å². The Balaban J connectivity index is 1.88. The predicted molar refractivity (Wildman–Crippen MR) is 58.3 cm³/mol. The van der Waals surface area contributed by atoms with Gasteiger partial charge < -0.3 is 15.2 Å². The third-order valence-corrected chi connectivity index (χ3v) is 2.20. The van der Waals surface area contributed by atoms with Gasteiger partial charge in [0.05, 0.1) is 12.2 Å². The van der Waals surface area contributed by atoms with Gasteiger partial charge in [-0.15, -0.1) is 0 Å². The first-order valence-electron chi connectivity index (χ1n) is 5.05. The van der Waals surface area contributed by atoms with Gasteiger partial charge in [-0.05, 0) is 19.2 Å². The third kappa shape index (κ3) is 2.50. The van der Waals surface area contributed by atoms with E-state index in [1.807, 2.05) is 6.92 Å². The molecule has 2 heterocycles. The molecule has 1 aliphatic heterocycles. The number of hydrogen-bond donors (Lipinski definition) is 2.